The monoisotopic (exact) mass is 282 g/mol. The molecule has 2 N–H and O–H groups in total. The fraction of sp³-hybridized carbons (Fsp3) is 0.571. The molecule has 19 heavy (non-hydrogen) atoms. The van der Waals surface area contributed by atoms with Gasteiger partial charge in [-0.15, -0.1) is 0 Å². The van der Waals surface area contributed by atoms with E-state index < -0.39 is 10.0 Å². The Kier molecular flexibility index (Phi) is 3.99. The summed E-state index contributed by atoms with van der Waals surface area (Å²) in [4.78, 5) is 0.468. The van der Waals surface area contributed by atoms with E-state index in [2.05, 4.69) is 0 Å². The van der Waals surface area contributed by atoms with E-state index >= 15 is 0 Å². The number of hydrogen-bond acceptors (Lipinski definition) is 3. The van der Waals surface area contributed by atoms with Crippen molar-refractivity contribution >= 4 is 10.0 Å². The first-order chi connectivity index (χ1) is 8.86. The van der Waals surface area contributed by atoms with Gasteiger partial charge in [0.15, 0.2) is 0 Å². The summed E-state index contributed by atoms with van der Waals surface area (Å²) in [5, 5.41) is 0. The van der Waals surface area contributed by atoms with E-state index in [4.69, 9.17) is 5.73 Å². The summed E-state index contributed by atoms with van der Waals surface area (Å²) in [5.41, 5.74) is 8.38. The van der Waals surface area contributed by atoms with Crippen molar-refractivity contribution in [1.82, 2.24) is 4.31 Å². The lowest BCUT2D eigenvalue weighted by Gasteiger charge is -2.20. The molecule has 0 radical (unpaired) electrons. The minimum absolute atomic E-state index is 0.292. The number of aryl methyl sites for hydroxylation is 3. The molecule has 106 valence electrons. The smallest absolute Gasteiger partial charge is 0.243 e. The molecule has 4 nitrogen and oxygen atoms in total. The summed E-state index contributed by atoms with van der Waals surface area (Å²) < 4.78 is 27.0. The van der Waals surface area contributed by atoms with Gasteiger partial charge in [-0.05, 0) is 50.8 Å². The van der Waals surface area contributed by atoms with Crippen LogP contribution in [0, 0.1) is 26.7 Å². The van der Waals surface area contributed by atoms with Crippen LogP contribution >= 0.6 is 0 Å². The quantitative estimate of drug-likeness (QED) is 0.915. The third-order valence-electron chi connectivity index (χ3n) is 3.78. The van der Waals surface area contributed by atoms with E-state index in [0.717, 1.165) is 23.1 Å². The first-order valence-electron chi connectivity index (χ1n) is 6.64. The fourth-order valence-corrected chi connectivity index (χ4v) is 4.85. The molecule has 2 rings (SSSR count). The third-order valence-corrected chi connectivity index (χ3v) is 5.96. The van der Waals surface area contributed by atoms with E-state index in [1.54, 1.807) is 4.31 Å². The Morgan fingerprint density at radius 3 is 2.32 bits per heavy atom. The molecular formula is C14H22N2O2S. The molecule has 1 aromatic carbocycles. The molecule has 0 bridgehead atoms. The van der Waals surface area contributed by atoms with Crippen LogP contribution in [0.1, 0.15) is 23.1 Å². The summed E-state index contributed by atoms with van der Waals surface area (Å²) in [6.07, 6.45) is 0.861. The molecule has 0 amide bonds. The molecule has 5 heteroatoms. The highest BCUT2D eigenvalue weighted by molar-refractivity contribution is 7.89. The Bertz CT molecular complexity index is 558. The summed E-state index contributed by atoms with van der Waals surface area (Å²) in [6, 6.07) is 3.85. The van der Waals surface area contributed by atoms with Gasteiger partial charge in [0.1, 0.15) is 0 Å². The number of hydrogen-bond donors (Lipinski definition) is 1. The molecule has 1 aromatic rings. The average Bonchev–Trinajstić information content (AvgIpc) is 2.75. The van der Waals surface area contributed by atoms with Crippen molar-refractivity contribution in [1.29, 1.82) is 0 Å². The lowest BCUT2D eigenvalue weighted by Crippen LogP contribution is -2.31. The minimum atomic E-state index is -3.38. The predicted molar refractivity (Wildman–Crippen MR) is 76.6 cm³/mol. The number of rotatable bonds is 3. The second kappa shape index (κ2) is 5.23. The maximum atomic E-state index is 12.7. The minimum Gasteiger partial charge on any atom is -0.330 e. The van der Waals surface area contributed by atoms with Crippen molar-refractivity contribution in [3.05, 3.63) is 28.8 Å². The van der Waals surface area contributed by atoms with Gasteiger partial charge in [0.05, 0.1) is 4.90 Å². The molecule has 0 aromatic heterocycles. The van der Waals surface area contributed by atoms with Crippen LogP contribution in [0.25, 0.3) is 0 Å². The van der Waals surface area contributed by atoms with Crippen molar-refractivity contribution < 1.29 is 8.42 Å². The first-order valence-corrected chi connectivity index (χ1v) is 8.08. The standard InChI is InChI=1S/C14H22N2O2S/c1-10-6-11(2)14(12(3)7-10)19(17,18)16-5-4-13(8-15)9-16/h6-7,13H,4-5,8-9,15H2,1-3H3/t13-/m0/s1. The van der Waals surface area contributed by atoms with Crippen molar-refractivity contribution in [3.63, 3.8) is 0 Å². The van der Waals surface area contributed by atoms with Gasteiger partial charge < -0.3 is 5.73 Å². The maximum absolute atomic E-state index is 12.7. The molecular weight excluding hydrogens is 260 g/mol. The molecule has 1 heterocycles. The van der Waals surface area contributed by atoms with E-state index in [-0.39, 0.29) is 0 Å². The molecule has 1 atom stereocenters. The van der Waals surface area contributed by atoms with Crippen molar-refractivity contribution in [3.8, 4) is 0 Å². The molecule has 0 spiro atoms. The number of nitrogens with two attached hydrogens (primary N) is 1. The van der Waals surface area contributed by atoms with Gasteiger partial charge in [-0.2, -0.15) is 4.31 Å². The van der Waals surface area contributed by atoms with Gasteiger partial charge in [0, 0.05) is 13.1 Å². The molecule has 0 aliphatic carbocycles. The molecule has 0 unspecified atom stereocenters. The zero-order valence-electron chi connectivity index (χ0n) is 11.8. The molecule has 1 fully saturated rings. The maximum Gasteiger partial charge on any atom is 0.243 e. The van der Waals surface area contributed by atoms with Gasteiger partial charge in [-0.3, -0.25) is 0 Å². The summed E-state index contributed by atoms with van der Waals surface area (Å²) in [7, 11) is -3.38. The first kappa shape index (κ1) is 14.5. The SMILES string of the molecule is Cc1cc(C)c(S(=O)(=O)N2CC[C@@H](CN)C2)c(C)c1. The van der Waals surface area contributed by atoms with Crippen LogP contribution in [0.5, 0.6) is 0 Å². The van der Waals surface area contributed by atoms with E-state index in [1.807, 2.05) is 32.9 Å². The Morgan fingerprint density at radius 1 is 1.26 bits per heavy atom. The lowest BCUT2D eigenvalue weighted by molar-refractivity contribution is 0.458. The highest BCUT2D eigenvalue weighted by Gasteiger charge is 2.33. The van der Waals surface area contributed by atoms with Crippen LogP contribution in [0.4, 0.5) is 0 Å². The van der Waals surface area contributed by atoms with Crippen LogP contribution < -0.4 is 5.73 Å². The van der Waals surface area contributed by atoms with Gasteiger partial charge in [0.25, 0.3) is 0 Å². The highest BCUT2D eigenvalue weighted by atomic mass is 32.2. The predicted octanol–water partition coefficient (Wildman–Crippen LogP) is 1.58. The second-order valence-corrected chi connectivity index (χ2v) is 7.36. The lowest BCUT2D eigenvalue weighted by atomic mass is 10.1. The van der Waals surface area contributed by atoms with Crippen LogP contribution in [0.2, 0.25) is 0 Å². The van der Waals surface area contributed by atoms with Crippen molar-refractivity contribution in [2.75, 3.05) is 19.6 Å². The zero-order valence-corrected chi connectivity index (χ0v) is 12.6. The summed E-state index contributed by atoms with van der Waals surface area (Å²) in [5.74, 6) is 0.292. The number of nitrogens with zero attached hydrogens (tertiary/aromatic N) is 1. The van der Waals surface area contributed by atoms with Crippen molar-refractivity contribution in [2.24, 2.45) is 11.7 Å². The molecule has 1 saturated heterocycles. The van der Waals surface area contributed by atoms with Crippen LogP contribution in [0.3, 0.4) is 0 Å². The van der Waals surface area contributed by atoms with E-state index in [1.165, 1.54) is 0 Å². The number of benzene rings is 1. The van der Waals surface area contributed by atoms with Crippen molar-refractivity contribution in [2.45, 2.75) is 32.1 Å². The van der Waals surface area contributed by atoms with Gasteiger partial charge in [0.2, 0.25) is 10.0 Å². The summed E-state index contributed by atoms with van der Waals surface area (Å²) >= 11 is 0. The highest BCUT2D eigenvalue weighted by Crippen LogP contribution is 2.28. The Balaban J connectivity index is 2.41. The summed E-state index contributed by atoms with van der Waals surface area (Å²) in [6.45, 7) is 7.39. The van der Waals surface area contributed by atoms with Gasteiger partial charge >= 0.3 is 0 Å². The van der Waals surface area contributed by atoms with Gasteiger partial charge in [-0.25, -0.2) is 8.42 Å². The topological polar surface area (TPSA) is 63.4 Å². The number of sulfonamides is 1. The fourth-order valence-electron chi connectivity index (χ4n) is 2.91. The van der Waals surface area contributed by atoms with Gasteiger partial charge in [-0.1, -0.05) is 17.7 Å². The van der Waals surface area contributed by atoms with Crippen LogP contribution in [-0.2, 0) is 10.0 Å². The van der Waals surface area contributed by atoms with Crippen LogP contribution in [0.15, 0.2) is 17.0 Å². The van der Waals surface area contributed by atoms with Crippen LogP contribution in [-0.4, -0.2) is 32.4 Å². The third kappa shape index (κ3) is 2.68. The second-order valence-electron chi connectivity index (χ2n) is 5.48. The Labute approximate surface area is 115 Å². The Hall–Kier alpha value is -0.910. The molecule has 1 aliphatic heterocycles. The molecule has 0 saturated carbocycles. The normalized spacial score (nSPS) is 20.9. The Morgan fingerprint density at radius 2 is 1.84 bits per heavy atom. The van der Waals surface area contributed by atoms with E-state index in [9.17, 15) is 8.42 Å². The van der Waals surface area contributed by atoms with E-state index in [0.29, 0.717) is 30.4 Å². The average molecular weight is 282 g/mol. The zero-order chi connectivity index (χ0) is 14.2. The molecule has 1 aliphatic rings. The largest absolute Gasteiger partial charge is 0.330 e.